The zero-order valence-electron chi connectivity index (χ0n) is 13.6. The molecule has 0 unspecified atom stereocenters. The number of aliphatic imine (C=N–C) groups is 2. The summed E-state index contributed by atoms with van der Waals surface area (Å²) in [6.45, 7) is 0. The zero-order chi connectivity index (χ0) is 16.8. The van der Waals surface area contributed by atoms with Gasteiger partial charge in [-0.2, -0.15) is 0 Å². The fraction of sp³-hybridized carbons (Fsp3) is 0.300. The number of benzene rings is 2. The van der Waals surface area contributed by atoms with E-state index >= 15 is 0 Å². The Morgan fingerprint density at radius 1 is 0.708 bits per heavy atom. The molecule has 124 valence electrons. The van der Waals surface area contributed by atoms with Gasteiger partial charge in [0, 0.05) is 23.6 Å². The van der Waals surface area contributed by atoms with Crippen LogP contribution in [0, 0.1) is 0 Å². The van der Waals surface area contributed by atoms with Crippen molar-refractivity contribution < 1.29 is 10.2 Å². The van der Waals surface area contributed by atoms with Crippen LogP contribution in [0.4, 0.5) is 0 Å². The van der Waals surface area contributed by atoms with Crippen molar-refractivity contribution >= 4 is 12.4 Å². The van der Waals surface area contributed by atoms with Gasteiger partial charge in [-0.1, -0.05) is 30.7 Å². The fourth-order valence-corrected chi connectivity index (χ4v) is 2.98. The maximum absolute atomic E-state index is 9.91. The molecular formula is C20H22N2O2. The molecule has 0 heterocycles. The minimum Gasteiger partial charge on any atom is -0.507 e. The Bertz CT molecular complexity index is 689. The van der Waals surface area contributed by atoms with Gasteiger partial charge in [0.25, 0.3) is 0 Å². The van der Waals surface area contributed by atoms with E-state index in [0.717, 1.165) is 25.7 Å². The molecule has 1 aliphatic carbocycles. The topological polar surface area (TPSA) is 65.2 Å². The molecular weight excluding hydrogens is 300 g/mol. The fourth-order valence-electron chi connectivity index (χ4n) is 2.98. The van der Waals surface area contributed by atoms with Gasteiger partial charge in [-0.15, -0.1) is 0 Å². The van der Waals surface area contributed by atoms with Crippen LogP contribution in [-0.2, 0) is 0 Å². The molecule has 1 saturated carbocycles. The molecule has 0 bridgehead atoms. The summed E-state index contributed by atoms with van der Waals surface area (Å²) >= 11 is 0. The van der Waals surface area contributed by atoms with E-state index in [1.165, 1.54) is 6.42 Å². The number of para-hydroxylation sites is 2. The highest BCUT2D eigenvalue weighted by Crippen LogP contribution is 2.33. The number of phenolic OH excluding ortho intramolecular Hbond substituents is 2. The molecule has 2 N–H and O–H groups in total. The van der Waals surface area contributed by atoms with E-state index < -0.39 is 5.66 Å². The first-order valence-corrected chi connectivity index (χ1v) is 8.35. The van der Waals surface area contributed by atoms with Gasteiger partial charge in [0.2, 0.25) is 0 Å². The second kappa shape index (κ2) is 7.30. The Kier molecular flexibility index (Phi) is 4.94. The van der Waals surface area contributed by atoms with Gasteiger partial charge in [-0.25, -0.2) is 0 Å². The van der Waals surface area contributed by atoms with E-state index in [1.54, 1.807) is 36.7 Å². The highest BCUT2D eigenvalue weighted by Gasteiger charge is 2.29. The lowest BCUT2D eigenvalue weighted by molar-refractivity contribution is 0.313. The monoisotopic (exact) mass is 322 g/mol. The van der Waals surface area contributed by atoms with Crippen LogP contribution in [0.25, 0.3) is 0 Å². The molecule has 0 atom stereocenters. The highest BCUT2D eigenvalue weighted by atomic mass is 16.3. The summed E-state index contributed by atoms with van der Waals surface area (Å²) in [5.41, 5.74) is 0.878. The third kappa shape index (κ3) is 3.82. The summed E-state index contributed by atoms with van der Waals surface area (Å²) in [7, 11) is 0. The van der Waals surface area contributed by atoms with Crippen molar-refractivity contribution in [1.82, 2.24) is 0 Å². The molecule has 1 aliphatic rings. The molecule has 2 aromatic rings. The van der Waals surface area contributed by atoms with Crippen molar-refractivity contribution in [3.63, 3.8) is 0 Å². The Hall–Kier alpha value is -2.62. The summed E-state index contributed by atoms with van der Waals surface area (Å²) in [5.74, 6) is 0.439. The molecule has 0 amide bonds. The summed E-state index contributed by atoms with van der Waals surface area (Å²) in [6, 6.07) is 14.3. The number of phenols is 2. The first kappa shape index (κ1) is 16.2. The van der Waals surface area contributed by atoms with Crippen LogP contribution in [0.3, 0.4) is 0 Å². The van der Waals surface area contributed by atoms with Crippen LogP contribution >= 0.6 is 0 Å². The van der Waals surface area contributed by atoms with Crippen LogP contribution in [0.5, 0.6) is 11.5 Å². The predicted molar refractivity (Wildman–Crippen MR) is 97.2 cm³/mol. The van der Waals surface area contributed by atoms with Crippen LogP contribution in [0.15, 0.2) is 58.5 Å². The quantitative estimate of drug-likeness (QED) is 0.824. The number of nitrogens with zero attached hydrogens (tertiary/aromatic N) is 2. The van der Waals surface area contributed by atoms with Gasteiger partial charge in [0.15, 0.2) is 0 Å². The molecule has 2 aromatic carbocycles. The summed E-state index contributed by atoms with van der Waals surface area (Å²) < 4.78 is 0. The summed E-state index contributed by atoms with van der Waals surface area (Å²) in [4.78, 5) is 9.45. The lowest BCUT2D eigenvalue weighted by atomic mass is 9.90. The molecule has 4 heteroatoms. The molecule has 24 heavy (non-hydrogen) atoms. The van der Waals surface area contributed by atoms with E-state index in [-0.39, 0.29) is 11.5 Å². The second-order valence-electron chi connectivity index (χ2n) is 6.18. The standard InChI is InChI=1S/C20H22N2O2/c23-18-10-4-2-8-16(18)14-21-20(12-6-1-7-13-20)22-15-17-9-3-5-11-19(17)24/h2-5,8-11,14-15,23-24H,1,6-7,12-13H2/b21-14+,22-15?. The Morgan fingerprint density at radius 3 is 1.62 bits per heavy atom. The average molecular weight is 322 g/mol. The highest BCUT2D eigenvalue weighted by molar-refractivity contribution is 5.85. The van der Waals surface area contributed by atoms with E-state index in [4.69, 9.17) is 9.98 Å². The van der Waals surface area contributed by atoms with E-state index in [1.807, 2.05) is 24.3 Å². The first-order valence-electron chi connectivity index (χ1n) is 8.35. The van der Waals surface area contributed by atoms with Crippen LogP contribution in [-0.4, -0.2) is 28.3 Å². The van der Waals surface area contributed by atoms with Crippen LogP contribution < -0.4 is 0 Å². The molecule has 0 aromatic heterocycles. The van der Waals surface area contributed by atoms with E-state index in [2.05, 4.69) is 0 Å². The molecule has 0 aliphatic heterocycles. The van der Waals surface area contributed by atoms with Gasteiger partial charge in [0.05, 0.1) is 0 Å². The first-order chi connectivity index (χ1) is 11.7. The van der Waals surface area contributed by atoms with Crippen molar-refractivity contribution in [3.8, 4) is 11.5 Å². The van der Waals surface area contributed by atoms with Crippen molar-refractivity contribution in [2.24, 2.45) is 9.98 Å². The van der Waals surface area contributed by atoms with Crippen molar-refractivity contribution in [2.75, 3.05) is 0 Å². The average Bonchev–Trinajstić information content (AvgIpc) is 2.61. The molecule has 3 rings (SSSR count). The molecule has 0 saturated heterocycles. The lowest BCUT2D eigenvalue weighted by Gasteiger charge is -2.29. The molecule has 1 fully saturated rings. The largest absolute Gasteiger partial charge is 0.507 e. The number of hydrogen-bond acceptors (Lipinski definition) is 4. The zero-order valence-corrected chi connectivity index (χ0v) is 13.6. The smallest absolute Gasteiger partial charge is 0.150 e. The summed E-state index contributed by atoms with van der Waals surface area (Å²) in [6.07, 6.45) is 8.53. The normalized spacial score (nSPS) is 17.5. The Morgan fingerprint density at radius 2 is 1.17 bits per heavy atom. The van der Waals surface area contributed by atoms with Crippen molar-refractivity contribution in [1.29, 1.82) is 0 Å². The number of rotatable bonds is 4. The minimum absolute atomic E-state index is 0.219. The Balaban J connectivity index is 1.88. The second-order valence-corrected chi connectivity index (χ2v) is 6.18. The van der Waals surface area contributed by atoms with Crippen molar-refractivity contribution in [2.45, 2.75) is 37.8 Å². The number of aromatic hydroxyl groups is 2. The molecule has 0 radical (unpaired) electrons. The van der Waals surface area contributed by atoms with Crippen LogP contribution in [0.1, 0.15) is 43.2 Å². The molecule has 0 spiro atoms. The van der Waals surface area contributed by atoms with Gasteiger partial charge in [-0.05, 0) is 49.9 Å². The van der Waals surface area contributed by atoms with Gasteiger partial charge < -0.3 is 10.2 Å². The minimum atomic E-state index is -0.511. The van der Waals surface area contributed by atoms with E-state index in [0.29, 0.717) is 11.1 Å². The maximum Gasteiger partial charge on any atom is 0.150 e. The molecule has 4 nitrogen and oxygen atoms in total. The SMILES string of the molecule is Oc1ccccc1C=NC1(/N=C/c2ccccc2O)CCCCC1. The Labute approximate surface area is 142 Å². The third-order valence-corrected chi connectivity index (χ3v) is 4.42. The van der Waals surface area contributed by atoms with E-state index in [9.17, 15) is 10.2 Å². The third-order valence-electron chi connectivity index (χ3n) is 4.42. The lowest BCUT2D eigenvalue weighted by Crippen LogP contribution is -2.27. The van der Waals surface area contributed by atoms with Crippen LogP contribution in [0.2, 0.25) is 0 Å². The maximum atomic E-state index is 9.91. The number of hydrogen-bond donors (Lipinski definition) is 2. The predicted octanol–water partition coefficient (Wildman–Crippen LogP) is 4.30. The van der Waals surface area contributed by atoms with Gasteiger partial charge in [0.1, 0.15) is 17.2 Å². The van der Waals surface area contributed by atoms with Crippen molar-refractivity contribution in [3.05, 3.63) is 59.7 Å². The van der Waals surface area contributed by atoms with Gasteiger partial charge >= 0.3 is 0 Å². The summed E-state index contributed by atoms with van der Waals surface area (Å²) in [5, 5.41) is 19.8. The van der Waals surface area contributed by atoms with Gasteiger partial charge in [-0.3, -0.25) is 9.98 Å².